The summed E-state index contributed by atoms with van der Waals surface area (Å²) in [7, 11) is 0. The van der Waals surface area contributed by atoms with Crippen molar-refractivity contribution >= 4 is 39.3 Å². The number of aryl methyl sites for hydroxylation is 1. The number of hydrogen-bond donors (Lipinski definition) is 0. The Labute approximate surface area is 188 Å². The van der Waals surface area contributed by atoms with E-state index in [1.165, 1.54) is 5.56 Å². The number of rotatable bonds is 5. The van der Waals surface area contributed by atoms with E-state index in [2.05, 4.69) is 59.3 Å². The molecule has 0 aliphatic heterocycles. The topological polar surface area (TPSA) is 25.8 Å². The average molecular weight is 482 g/mol. The Kier molecular flexibility index (Phi) is 6.34. The highest BCUT2D eigenvalue weighted by Crippen LogP contribution is 2.30. The van der Waals surface area contributed by atoms with Crippen molar-refractivity contribution in [2.45, 2.75) is 17.8 Å². The quantitative estimate of drug-likeness (QED) is 0.214. The van der Waals surface area contributed by atoms with Crippen molar-refractivity contribution in [1.29, 1.82) is 0 Å². The van der Waals surface area contributed by atoms with Gasteiger partial charge in [-0.1, -0.05) is 99.5 Å². The molecule has 0 saturated carbocycles. The monoisotopic (exact) mass is 480 g/mol. The zero-order chi connectivity index (χ0) is 20.2. The molecule has 0 bridgehead atoms. The molecule has 0 N–H and O–H groups in total. The first-order valence-electron chi connectivity index (χ1n) is 9.17. The summed E-state index contributed by atoms with van der Waals surface area (Å²) in [5, 5.41) is 1.50. The van der Waals surface area contributed by atoms with Crippen LogP contribution in [0.2, 0.25) is 5.02 Å². The fourth-order valence-corrected chi connectivity index (χ4v) is 4.46. The molecule has 3 aromatic carbocycles. The van der Waals surface area contributed by atoms with Crippen LogP contribution >= 0.6 is 39.3 Å². The zero-order valence-electron chi connectivity index (χ0n) is 15.8. The normalized spacial score (nSPS) is 10.9. The number of hydrogen-bond acceptors (Lipinski definition) is 3. The summed E-state index contributed by atoms with van der Waals surface area (Å²) in [6, 6.07) is 26.5. The van der Waals surface area contributed by atoms with Crippen LogP contribution in [0.4, 0.5) is 0 Å². The second-order valence-corrected chi connectivity index (χ2v) is 8.94. The van der Waals surface area contributed by atoms with Gasteiger partial charge in [-0.25, -0.2) is 9.97 Å². The number of nitrogens with zero attached hydrogens (tertiary/aromatic N) is 2. The first-order valence-corrected chi connectivity index (χ1v) is 11.3. The van der Waals surface area contributed by atoms with Gasteiger partial charge in [0.25, 0.3) is 0 Å². The highest BCUT2D eigenvalue weighted by atomic mass is 79.9. The van der Waals surface area contributed by atoms with E-state index in [1.807, 2.05) is 42.5 Å². The lowest BCUT2D eigenvalue weighted by Gasteiger charge is -2.10. The Morgan fingerprint density at radius 1 is 0.828 bits per heavy atom. The van der Waals surface area contributed by atoms with Crippen LogP contribution in [-0.4, -0.2) is 9.97 Å². The smallest absolute Gasteiger partial charge is 0.189 e. The molecule has 1 aromatic heterocycles. The van der Waals surface area contributed by atoms with Crippen LogP contribution in [0.15, 0.2) is 88.5 Å². The summed E-state index contributed by atoms with van der Waals surface area (Å²) < 4.78 is 1.02. The predicted molar refractivity (Wildman–Crippen MR) is 126 cm³/mol. The summed E-state index contributed by atoms with van der Waals surface area (Å²) >= 11 is 11.5. The van der Waals surface area contributed by atoms with Crippen molar-refractivity contribution in [2.24, 2.45) is 0 Å². The molecule has 5 heteroatoms. The van der Waals surface area contributed by atoms with Gasteiger partial charge in [0.15, 0.2) is 5.16 Å². The molecule has 29 heavy (non-hydrogen) atoms. The van der Waals surface area contributed by atoms with E-state index in [0.717, 1.165) is 48.5 Å². The van der Waals surface area contributed by atoms with Crippen LogP contribution in [0.25, 0.3) is 22.5 Å². The zero-order valence-corrected chi connectivity index (χ0v) is 18.9. The molecule has 144 valence electrons. The van der Waals surface area contributed by atoms with E-state index in [4.69, 9.17) is 21.6 Å². The maximum absolute atomic E-state index is 6.32. The molecule has 0 saturated heterocycles. The van der Waals surface area contributed by atoms with Crippen molar-refractivity contribution in [3.05, 3.63) is 99.5 Å². The van der Waals surface area contributed by atoms with E-state index in [9.17, 15) is 0 Å². The fraction of sp³-hybridized carbons (Fsp3) is 0.0833. The largest absolute Gasteiger partial charge is 0.222 e. The van der Waals surface area contributed by atoms with Crippen LogP contribution in [0.3, 0.4) is 0 Å². The average Bonchev–Trinajstić information content (AvgIpc) is 2.73. The molecule has 0 spiro atoms. The van der Waals surface area contributed by atoms with E-state index < -0.39 is 0 Å². The van der Waals surface area contributed by atoms with Gasteiger partial charge >= 0.3 is 0 Å². The van der Waals surface area contributed by atoms with E-state index in [1.54, 1.807) is 11.8 Å². The third kappa shape index (κ3) is 5.08. The van der Waals surface area contributed by atoms with E-state index in [0.29, 0.717) is 0 Å². The van der Waals surface area contributed by atoms with Crippen molar-refractivity contribution in [1.82, 2.24) is 9.97 Å². The van der Waals surface area contributed by atoms with Gasteiger partial charge in [-0.3, -0.25) is 0 Å². The summed E-state index contributed by atoms with van der Waals surface area (Å²) in [4.78, 5) is 9.64. The highest BCUT2D eigenvalue weighted by Gasteiger charge is 2.11. The third-order valence-electron chi connectivity index (χ3n) is 4.49. The van der Waals surface area contributed by atoms with Gasteiger partial charge in [0.2, 0.25) is 0 Å². The van der Waals surface area contributed by atoms with Crippen LogP contribution in [0.5, 0.6) is 0 Å². The molecule has 0 atom stereocenters. The van der Waals surface area contributed by atoms with E-state index >= 15 is 0 Å². The molecule has 0 amide bonds. The Morgan fingerprint density at radius 3 is 2.28 bits per heavy atom. The minimum absolute atomic E-state index is 0.717. The second kappa shape index (κ2) is 9.12. The van der Waals surface area contributed by atoms with Crippen molar-refractivity contribution < 1.29 is 0 Å². The minimum Gasteiger partial charge on any atom is -0.222 e. The Hall–Kier alpha value is -2.14. The second-order valence-electron chi connectivity index (χ2n) is 6.68. The molecule has 2 nitrogen and oxygen atoms in total. The van der Waals surface area contributed by atoms with Crippen molar-refractivity contribution in [2.75, 3.05) is 0 Å². The Bertz CT molecular complexity index is 1150. The molecule has 4 rings (SSSR count). The molecule has 0 radical (unpaired) electrons. The highest BCUT2D eigenvalue weighted by molar-refractivity contribution is 9.10. The molecular weight excluding hydrogens is 464 g/mol. The van der Waals surface area contributed by atoms with E-state index in [-0.39, 0.29) is 0 Å². The minimum atomic E-state index is 0.717. The maximum atomic E-state index is 6.32. The van der Waals surface area contributed by atoms with Crippen LogP contribution < -0.4 is 0 Å². The lowest BCUT2D eigenvalue weighted by Crippen LogP contribution is -1.95. The molecular formula is C24H18BrClN2S. The predicted octanol–water partition coefficient (Wildman–Crippen LogP) is 7.83. The van der Waals surface area contributed by atoms with Crippen molar-refractivity contribution in [3.8, 4) is 22.5 Å². The number of thioether (sulfide) groups is 1. The first-order chi connectivity index (χ1) is 14.1. The number of halogens is 2. The molecule has 0 aliphatic rings. The molecule has 1 heterocycles. The molecule has 0 fully saturated rings. The Balaban J connectivity index is 1.73. The first kappa shape index (κ1) is 20.1. The number of benzene rings is 3. The van der Waals surface area contributed by atoms with Gasteiger partial charge < -0.3 is 0 Å². The van der Waals surface area contributed by atoms with Gasteiger partial charge in [0.05, 0.1) is 11.4 Å². The van der Waals surface area contributed by atoms with Crippen molar-refractivity contribution in [3.63, 3.8) is 0 Å². The van der Waals surface area contributed by atoms with Crippen LogP contribution in [-0.2, 0) is 5.75 Å². The summed E-state index contributed by atoms with van der Waals surface area (Å²) in [6.07, 6.45) is 0. The maximum Gasteiger partial charge on any atom is 0.189 e. The summed E-state index contributed by atoms with van der Waals surface area (Å²) in [5.74, 6) is 0.717. The van der Waals surface area contributed by atoms with Gasteiger partial charge in [-0.05, 0) is 36.8 Å². The lowest BCUT2D eigenvalue weighted by atomic mass is 10.1. The third-order valence-corrected chi connectivity index (χ3v) is 6.25. The van der Waals surface area contributed by atoms with Crippen LogP contribution in [0, 0.1) is 6.92 Å². The molecule has 0 aliphatic carbocycles. The standard InChI is InChI=1S/C24H18BrClN2S/c1-16-9-11-17(12-10-16)22-14-23(18-6-4-7-20(25)13-18)28-24(27-22)29-15-19-5-2-3-8-21(19)26/h2-14H,15H2,1H3. The lowest BCUT2D eigenvalue weighted by molar-refractivity contribution is 0.978. The molecule has 0 unspecified atom stereocenters. The van der Waals surface area contributed by atoms with Gasteiger partial charge in [0, 0.05) is 26.4 Å². The summed E-state index contributed by atoms with van der Waals surface area (Å²) in [6.45, 7) is 2.08. The Morgan fingerprint density at radius 2 is 1.55 bits per heavy atom. The summed E-state index contributed by atoms with van der Waals surface area (Å²) in [5.41, 5.74) is 6.24. The molecule has 4 aromatic rings. The van der Waals surface area contributed by atoms with Gasteiger partial charge in [-0.2, -0.15) is 0 Å². The van der Waals surface area contributed by atoms with Gasteiger partial charge in [0.1, 0.15) is 0 Å². The van der Waals surface area contributed by atoms with Gasteiger partial charge in [-0.15, -0.1) is 0 Å². The number of aromatic nitrogens is 2. The SMILES string of the molecule is Cc1ccc(-c2cc(-c3cccc(Br)c3)nc(SCc3ccccc3Cl)n2)cc1. The fourth-order valence-electron chi connectivity index (χ4n) is 2.92. The van der Waals surface area contributed by atoms with Crippen LogP contribution in [0.1, 0.15) is 11.1 Å².